The van der Waals surface area contributed by atoms with E-state index in [0.717, 1.165) is 11.5 Å². The second-order valence-corrected chi connectivity index (χ2v) is 8.85. The fourth-order valence-electron chi connectivity index (χ4n) is 1.47. The molecule has 108 valence electrons. The summed E-state index contributed by atoms with van der Waals surface area (Å²) in [5.41, 5.74) is 0. The van der Waals surface area contributed by atoms with Gasteiger partial charge in [-0.1, -0.05) is 13.8 Å². The Labute approximate surface area is 118 Å². The number of thioether (sulfide) groups is 2. The van der Waals surface area contributed by atoms with Gasteiger partial charge < -0.3 is 14.4 Å². The lowest BCUT2D eigenvalue weighted by Crippen LogP contribution is -2.33. The first kappa shape index (κ1) is 18.4. The lowest BCUT2D eigenvalue weighted by molar-refractivity contribution is -0.137. The number of ether oxygens (including phenoxy) is 1. The van der Waals surface area contributed by atoms with Gasteiger partial charge in [0.05, 0.1) is 6.35 Å². The third-order valence-electron chi connectivity index (χ3n) is 2.28. The second-order valence-electron chi connectivity index (χ2n) is 3.60. The number of hydrogen-bond acceptors (Lipinski definition) is 5. The van der Waals surface area contributed by atoms with E-state index in [1.807, 2.05) is 20.8 Å². The van der Waals surface area contributed by atoms with E-state index in [-0.39, 0.29) is 6.35 Å². The van der Waals surface area contributed by atoms with E-state index >= 15 is 0 Å². The third kappa shape index (κ3) is 6.50. The van der Waals surface area contributed by atoms with Crippen molar-refractivity contribution in [2.45, 2.75) is 31.3 Å². The van der Waals surface area contributed by atoms with Gasteiger partial charge in [-0.05, 0) is 24.9 Å². The average Bonchev–Trinajstić information content (AvgIpc) is 2.33. The van der Waals surface area contributed by atoms with Gasteiger partial charge in [-0.3, -0.25) is 0 Å². The molecule has 1 unspecified atom stereocenters. The summed E-state index contributed by atoms with van der Waals surface area (Å²) in [6.07, 6.45) is 1.14. The third-order valence-corrected chi connectivity index (χ3v) is 6.59. The minimum Gasteiger partial charge on any atom is -0.480 e. The average molecular weight is 314 g/mol. The van der Waals surface area contributed by atoms with Gasteiger partial charge in [0.25, 0.3) is 0 Å². The molecule has 1 atom stereocenters. The first-order valence-electron chi connectivity index (χ1n) is 6.13. The summed E-state index contributed by atoms with van der Waals surface area (Å²) in [6, 6.07) is 0. The van der Waals surface area contributed by atoms with Crippen molar-refractivity contribution in [3.8, 4) is 0 Å². The van der Waals surface area contributed by atoms with Crippen molar-refractivity contribution in [1.29, 1.82) is 0 Å². The van der Waals surface area contributed by atoms with Crippen LogP contribution in [0.1, 0.15) is 27.2 Å². The molecule has 0 fully saturated rings. The second kappa shape index (κ2) is 10.2. The summed E-state index contributed by atoms with van der Waals surface area (Å²) >= 11 is 2.84. The van der Waals surface area contributed by atoms with Crippen LogP contribution in [0.15, 0.2) is 0 Å². The molecule has 4 nitrogen and oxygen atoms in total. The highest BCUT2D eigenvalue weighted by Gasteiger charge is 2.38. The van der Waals surface area contributed by atoms with Crippen LogP contribution < -0.4 is 0 Å². The van der Waals surface area contributed by atoms with Crippen LogP contribution in [0.3, 0.4) is 0 Å². The molecule has 0 amide bonds. The highest BCUT2D eigenvalue weighted by Crippen LogP contribution is 2.42. The lowest BCUT2D eigenvalue weighted by atomic mass is 10.3. The van der Waals surface area contributed by atoms with E-state index in [2.05, 4.69) is 0 Å². The molecular formula is C11H23O4PS2. The van der Waals surface area contributed by atoms with Crippen molar-refractivity contribution >= 4 is 37.3 Å². The Morgan fingerprint density at radius 3 is 2.22 bits per heavy atom. The molecule has 0 saturated carbocycles. The van der Waals surface area contributed by atoms with E-state index in [9.17, 15) is 14.5 Å². The maximum absolute atomic E-state index is 11.7. The topological polar surface area (TPSA) is 63.6 Å². The van der Waals surface area contributed by atoms with Gasteiger partial charge in [-0.15, -0.1) is 23.5 Å². The fourth-order valence-corrected chi connectivity index (χ4v) is 5.78. The molecule has 1 N–H and O–H groups in total. The Hall–Kier alpha value is 0.360. The zero-order valence-corrected chi connectivity index (χ0v) is 13.9. The molecule has 0 aromatic heterocycles. The fraction of sp³-hybridized carbons (Fsp3) is 0.909. The Bertz CT molecular complexity index is 268. The molecule has 0 bridgehead atoms. The summed E-state index contributed by atoms with van der Waals surface area (Å²) in [7, 11) is -1.82. The molecule has 0 radical (unpaired) electrons. The molecule has 0 aliphatic rings. The molecular weight excluding hydrogens is 291 g/mol. The number of carbonyl (C=O) groups is 1. The quantitative estimate of drug-likeness (QED) is 0.467. The zero-order chi connectivity index (χ0) is 14.0. The van der Waals surface area contributed by atoms with Crippen molar-refractivity contribution < 1.29 is 19.2 Å². The number of hydrogen-bond donors (Lipinski definition) is 1. The molecule has 0 aromatic rings. The Balaban J connectivity index is 4.48. The summed E-state index contributed by atoms with van der Waals surface area (Å²) in [5, 5.41) is 9.41. The van der Waals surface area contributed by atoms with Gasteiger partial charge >= 0.3 is 5.97 Å². The molecule has 0 spiro atoms. The Morgan fingerprint density at radius 2 is 1.83 bits per heavy atom. The predicted octanol–water partition coefficient (Wildman–Crippen LogP) is 3.22. The molecule has 18 heavy (non-hydrogen) atoms. The van der Waals surface area contributed by atoms with Gasteiger partial charge in [0.2, 0.25) is 0 Å². The standard InChI is InChI=1S/C11H23O4PS2/c1-4-15-9-16(14)8-7-11(10(12)13,17-5-2)18-6-3/h16H,4-9H2,1-3H3,(H,12,13). The Morgan fingerprint density at radius 1 is 1.28 bits per heavy atom. The van der Waals surface area contributed by atoms with Crippen LogP contribution in [0.5, 0.6) is 0 Å². The van der Waals surface area contributed by atoms with E-state index in [4.69, 9.17) is 4.74 Å². The number of rotatable bonds is 11. The first-order chi connectivity index (χ1) is 8.52. The molecule has 7 heteroatoms. The molecule has 0 heterocycles. The van der Waals surface area contributed by atoms with Crippen molar-refractivity contribution in [3.05, 3.63) is 0 Å². The van der Waals surface area contributed by atoms with Crippen LogP contribution in [-0.2, 0) is 14.1 Å². The summed E-state index contributed by atoms with van der Waals surface area (Å²) in [4.78, 5) is 11.5. The summed E-state index contributed by atoms with van der Waals surface area (Å²) < 4.78 is 16.0. The Kier molecular flexibility index (Phi) is 10.4. The normalized spacial score (nSPS) is 13.5. The predicted molar refractivity (Wildman–Crippen MR) is 81.6 cm³/mol. The van der Waals surface area contributed by atoms with Gasteiger partial charge in [-0.25, -0.2) is 4.79 Å². The highest BCUT2D eigenvalue weighted by molar-refractivity contribution is 8.19. The number of carboxylic acids is 1. The molecule has 0 saturated heterocycles. The smallest absolute Gasteiger partial charge is 0.330 e. The lowest BCUT2D eigenvalue weighted by Gasteiger charge is -2.27. The van der Waals surface area contributed by atoms with Gasteiger partial charge in [-0.2, -0.15) is 0 Å². The largest absolute Gasteiger partial charge is 0.480 e. The molecule has 0 aliphatic heterocycles. The van der Waals surface area contributed by atoms with Crippen molar-refractivity contribution in [3.63, 3.8) is 0 Å². The first-order valence-corrected chi connectivity index (χ1v) is 9.92. The van der Waals surface area contributed by atoms with Crippen LogP contribution in [-0.4, -0.2) is 45.8 Å². The van der Waals surface area contributed by atoms with E-state index in [0.29, 0.717) is 19.2 Å². The van der Waals surface area contributed by atoms with Gasteiger partial charge in [0.15, 0.2) is 4.08 Å². The van der Waals surface area contributed by atoms with E-state index in [1.54, 1.807) is 0 Å². The molecule has 0 aromatic carbocycles. The molecule has 0 rings (SSSR count). The van der Waals surface area contributed by atoms with Crippen LogP contribution in [0.2, 0.25) is 0 Å². The van der Waals surface area contributed by atoms with Crippen LogP contribution >= 0.6 is 31.3 Å². The van der Waals surface area contributed by atoms with E-state index in [1.165, 1.54) is 23.5 Å². The molecule has 0 aliphatic carbocycles. The minimum absolute atomic E-state index is 0.268. The minimum atomic E-state index is -1.82. The van der Waals surface area contributed by atoms with Crippen molar-refractivity contribution in [1.82, 2.24) is 0 Å². The maximum atomic E-state index is 11.7. The van der Waals surface area contributed by atoms with Crippen molar-refractivity contribution in [2.24, 2.45) is 0 Å². The number of carboxylic acid groups (broad SMARTS) is 1. The van der Waals surface area contributed by atoms with Crippen LogP contribution in [0, 0.1) is 0 Å². The monoisotopic (exact) mass is 314 g/mol. The number of aliphatic carboxylic acids is 1. The summed E-state index contributed by atoms with van der Waals surface area (Å²) in [5.74, 6) is 0.671. The van der Waals surface area contributed by atoms with Crippen LogP contribution in [0.4, 0.5) is 0 Å². The maximum Gasteiger partial charge on any atom is 0.330 e. The van der Waals surface area contributed by atoms with Crippen molar-refractivity contribution in [2.75, 3.05) is 30.6 Å². The van der Waals surface area contributed by atoms with E-state index < -0.39 is 17.8 Å². The highest BCUT2D eigenvalue weighted by atomic mass is 32.2. The van der Waals surface area contributed by atoms with Gasteiger partial charge in [0, 0.05) is 12.8 Å². The zero-order valence-electron chi connectivity index (χ0n) is 11.2. The summed E-state index contributed by atoms with van der Waals surface area (Å²) in [6.45, 7) is 6.30. The van der Waals surface area contributed by atoms with Crippen LogP contribution in [0.25, 0.3) is 0 Å². The van der Waals surface area contributed by atoms with Gasteiger partial charge in [0.1, 0.15) is 7.80 Å². The SMILES string of the molecule is CCOC[PH](=O)CCC(SCC)(SCC)C(=O)O.